The summed E-state index contributed by atoms with van der Waals surface area (Å²) in [6.07, 6.45) is 8.12. The molecule has 130 valence electrons. The number of likely N-dealkylation sites (N-methyl/N-ethyl adjacent to an activating group) is 1. The SMILES string of the molecule is CN(C[C@]1(O)CCN(c2cnccn2)C1)S(=O)(=O)c1cn(C)cn1. The molecule has 3 rings (SSSR count). The molecule has 0 bridgehead atoms. The summed E-state index contributed by atoms with van der Waals surface area (Å²) in [5, 5.41) is 10.8. The molecule has 1 fully saturated rings. The van der Waals surface area contributed by atoms with E-state index in [1.54, 1.807) is 30.2 Å². The first kappa shape index (κ1) is 16.8. The average Bonchev–Trinajstić information content (AvgIpc) is 3.15. The van der Waals surface area contributed by atoms with Gasteiger partial charge in [0.15, 0.2) is 5.03 Å². The number of imidazole rings is 1. The van der Waals surface area contributed by atoms with Crippen molar-refractivity contribution in [2.24, 2.45) is 7.05 Å². The van der Waals surface area contributed by atoms with Gasteiger partial charge in [0.25, 0.3) is 10.0 Å². The zero-order valence-electron chi connectivity index (χ0n) is 13.6. The molecule has 1 N–H and O–H groups in total. The van der Waals surface area contributed by atoms with E-state index in [1.165, 1.54) is 19.6 Å². The molecule has 9 nitrogen and oxygen atoms in total. The summed E-state index contributed by atoms with van der Waals surface area (Å²) in [6, 6.07) is 0. The topological polar surface area (TPSA) is 104 Å². The van der Waals surface area contributed by atoms with E-state index in [4.69, 9.17) is 0 Å². The standard InChI is InChI=1S/C14H20N6O3S/c1-18-8-13(17-11-18)24(22,23)19(2)9-14(21)3-6-20(10-14)12-7-15-4-5-16-12/h4-5,7-8,11,21H,3,6,9-10H2,1-2H3/t14-/m1/s1. The molecule has 0 aliphatic carbocycles. The molecule has 1 aliphatic rings. The second-order valence-electron chi connectivity index (χ2n) is 6.10. The third-order valence-corrected chi connectivity index (χ3v) is 5.77. The molecule has 0 spiro atoms. The van der Waals surface area contributed by atoms with Crippen LogP contribution in [0, 0.1) is 0 Å². The Kier molecular flexibility index (Phi) is 4.28. The molecule has 1 saturated heterocycles. The van der Waals surface area contributed by atoms with Gasteiger partial charge in [0, 0.05) is 52.3 Å². The summed E-state index contributed by atoms with van der Waals surface area (Å²) in [4.78, 5) is 14.0. The Morgan fingerprint density at radius 3 is 2.79 bits per heavy atom. The van der Waals surface area contributed by atoms with Crippen LogP contribution in [-0.2, 0) is 17.1 Å². The van der Waals surface area contributed by atoms with Gasteiger partial charge in [-0.3, -0.25) is 4.98 Å². The highest BCUT2D eigenvalue weighted by Gasteiger charge is 2.40. The smallest absolute Gasteiger partial charge is 0.261 e. The summed E-state index contributed by atoms with van der Waals surface area (Å²) >= 11 is 0. The van der Waals surface area contributed by atoms with Crippen molar-refractivity contribution in [3.63, 3.8) is 0 Å². The lowest BCUT2D eigenvalue weighted by Gasteiger charge is -2.28. The van der Waals surface area contributed by atoms with Crippen molar-refractivity contribution in [1.29, 1.82) is 0 Å². The van der Waals surface area contributed by atoms with Gasteiger partial charge in [-0.15, -0.1) is 0 Å². The minimum Gasteiger partial charge on any atom is -0.387 e. The molecule has 3 heterocycles. The number of rotatable bonds is 5. The Bertz CT molecular complexity index is 809. The second kappa shape index (κ2) is 6.11. The maximum atomic E-state index is 12.5. The van der Waals surface area contributed by atoms with Gasteiger partial charge in [0.05, 0.1) is 18.1 Å². The van der Waals surface area contributed by atoms with Crippen molar-refractivity contribution in [3.05, 3.63) is 31.1 Å². The van der Waals surface area contributed by atoms with E-state index < -0.39 is 15.6 Å². The number of β-amino-alcohol motifs (C(OH)–C–C–N with tert-alkyl or cyclic N) is 1. The molecule has 0 unspecified atom stereocenters. The van der Waals surface area contributed by atoms with Crippen LogP contribution in [0.25, 0.3) is 0 Å². The molecule has 1 atom stereocenters. The Morgan fingerprint density at radius 1 is 1.38 bits per heavy atom. The van der Waals surface area contributed by atoms with Crippen molar-refractivity contribution in [2.45, 2.75) is 17.0 Å². The van der Waals surface area contributed by atoms with Crippen LogP contribution < -0.4 is 4.90 Å². The number of sulfonamides is 1. The van der Waals surface area contributed by atoms with Gasteiger partial charge >= 0.3 is 0 Å². The molecular weight excluding hydrogens is 332 g/mol. The highest BCUT2D eigenvalue weighted by molar-refractivity contribution is 7.89. The minimum absolute atomic E-state index is 0.0112. The van der Waals surface area contributed by atoms with E-state index >= 15 is 0 Å². The average molecular weight is 352 g/mol. The second-order valence-corrected chi connectivity index (χ2v) is 8.09. The molecular formula is C14H20N6O3S. The quantitative estimate of drug-likeness (QED) is 0.771. The maximum absolute atomic E-state index is 12.5. The van der Waals surface area contributed by atoms with Crippen LogP contribution >= 0.6 is 0 Å². The maximum Gasteiger partial charge on any atom is 0.261 e. The first-order valence-electron chi connectivity index (χ1n) is 7.48. The molecule has 1 aliphatic heterocycles. The molecule has 2 aromatic rings. The Labute approximate surface area is 140 Å². The molecule has 0 saturated carbocycles. The largest absolute Gasteiger partial charge is 0.387 e. The molecule has 2 aromatic heterocycles. The van der Waals surface area contributed by atoms with Gasteiger partial charge in [-0.25, -0.2) is 18.4 Å². The van der Waals surface area contributed by atoms with Crippen LogP contribution in [0.1, 0.15) is 6.42 Å². The van der Waals surface area contributed by atoms with E-state index in [9.17, 15) is 13.5 Å². The predicted molar refractivity (Wildman–Crippen MR) is 86.8 cm³/mol. The van der Waals surface area contributed by atoms with Crippen LogP contribution in [0.15, 0.2) is 36.1 Å². The lowest BCUT2D eigenvalue weighted by molar-refractivity contribution is 0.0479. The summed E-state index contributed by atoms with van der Waals surface area (Å²) in [7, 11) is -0.576. The summed E-state index contributed by atoms with van der Waals surface area (Å²) in [5.41, 5.74) is -1.14. The van der Waals surface area contributed by atoms with Crippen molar-refractivity contribution >= 4 is 15.8 Å². The van der Waals surface area contributed by atoms with Crippen LogP contribution in [0.5, 0.6) is 0 Å². The van der Waals surface area contributed by atoms with E-state index in [-0.39, 0.29) is 11.6 Å². The van der Waals surface area contributed by atoms with E-state index in [1.807, 2.05) is 4.90 Å². The number of anilines is 1. The van der Waals surface area contributed by atoms with E-state index in [0.29, 0.717) is 25.3 Å². The molecule has 24 heavy (non-hydrogen) atoms. The lowest BCUT2D eigenvalue weighted by Crippen LogP contribution is -2.45. The lowest BCUT2D eigenvalue weighted by atomic mass is 10.0. The molecule has 0 amide bonds. The van der Waals surface area contributed by atoms with Gasteiger partial charge in [-0.2, -0.15) is 4.31 Å². The van der Waals surface area contributed by atoms with Crippen molar-refractivity contribution in [2.75, 3.05) is 31.6 Å². The Morgan fingerprint density at radius 2 is 2.17 bits per heavy atom. The Balaban J connectivity index is 1.71. The zero-order valence-corrected chi connectivity index (χ0v) is 14.4. The normalized spacial score (nSPS) is 21.6. The highest BCUT2D eigenvalue weighted by atomic mass is 32.2. The fraction of sp³-hybridized carbons (Fsp3) is 0.500. The van der Waals surface area contributed by atoms with Gasteiger partial charge in [-0.05, 0) is 6.42 Å². The number of hydrogen-bond acceptors (Lipinski definition) is 7. The highest BCUT2D eigenvalue weighted by Crippen LogP contribution is 2.27. The van der Waals surface area contributed by atoms with E-state index in [2.05, 4.69) is 15.0 Å². The third kappa shape index (κ3) is 3.25. The summed E-state index contributed by atoms with van der Waals surface area (Å²) in [5.74, 6) is 0.670. The number of aromatic nitrogens is 4. The van der Waals surface area contributed by atoms with Crippen LogP contribution in [0.4, 0.5) is 5.82 Å². The fourth-order valence-electron chi connectivity index (χ4n) is 2.82. The monoisotopic (exact) mass is 352 g/mol. The Hall–Kier alpha value is -2.04. The predicted octanol–water partition coefficient (Wildman–Crippen LogP) is -0.528. The van der Waals surface area contributed by atoms with Crippen LogP contribution in [-0.4, -0.2) is 69.6 Å². The first-order chi connectivity index (χ1) is 11.3. The first-order valence-corrected chi connectivity index (χ1v) is 8.92. The van der Waals surface area contributed by atoms with Crippen molar-refractivity contribution < 1.29 is 13.5 Å². The van der Waals surface area contributed by atoms with Gasteiger partial charge in [0.1, 0.15) is 5.82 Å². The van der Waals surface area contributed by atoms with E-state index in [0.717, 1.165) is 4.31 Å². The summed E-state index contributed by atoms with van der Waals surface area (Å²) in [6.45, 7) is 0.878. The van der Waals surface area contributed by atoms with Gasteiger partial charge < -0.3 is 14.6 Å². The van der Waals surface area contributed by atoms with Crippen molar-refractivity contribution in [3.8, 4) is 0 Å². The number of hydrogen-bond donors (Lipinski definition) is 1. The minimum atomic E-state index is -3.73. The number of nitrogens with zero attached hydrogens (tertiary/aromatic N) is 6. The fourth-order valence-corrected chi connectivity index (χ4v) is 4.03. The number of aryl methyl sites for hydroxylation is 1. The van der Waals surface area contributed by atoms with Gasteiger partial charge in [0.2, 0.25) is 0 Å². The van der Waals surface area contributed by atoms with Crippen molar-refractivity contribution in [1.82, 2.24) is 23.8 Å². The zero-order chi connectivity index (χ0) is 17.4. The third-order valence-electron chi connectivity index (χ3n) is 4.08. The van der Waals surface area contributed by atoms with Crippen LogP contribution in [0.2, 0.25) is 0 Å². The summed E-state index contributed by atoms with van der Waals surface area (Å²) < 4.78 is 27.8. The molecule has 10 heteroatoms. The van der Waals surface area contributed by atoms with Gasteiger partial charge in [-0.1, -0.05) is 0 Å². The molecule has 0 aromatic carbocycles. The van der Waals surface area contributed by atoms with Crippen LogP contribution in [0.3, 0.4) is 0 Å². The number of aliphatic hydroxyl groups is 1. The molecule has 0 radical (unpaired) electrons.